The number of imidazole rings is 1. The summed E-state index contributed by atoms with van der Waals surface area (Å²) in [5.74, 6) is -4.96. The third kappa shape index (κ3) is 7.87. The van der Waals surface area contributed by atoms with Gasteiger partial charge in [0.05, 0.1) is 18.9 Å². The number of fused-ring (bicyclic) bond motifs is 1. The molecule has 0 aliphatic rings. The number of aliphatic hydroxyl groups excluding tert-OH is 1. The van der Waals surface area contributed by atoms with E-state index in [-0.39, 0.29) is 12.8 Å². The number of H-pyrrole nitrogens is 2. The Morgan fingerprint density at radius 1 is 0.950 bits per heavy atom. The Balaban J connectivity index is 1.77. The van der Waals surface area contributed by atoms with Crippen molar-refractivity contribution < 1.29 is 34.2 Å². The van der Waals surface area contributed by atoms with Crippen LogP contribution < -0.4 is 27.4 Å². The van der Waals surface area contributed by atoms with Gasteiger partial charge in [0.25, 0.3) is 0 Å². The highest BCUT2D eigenvalue weighted by Crippen LogP contribution is 2.19. The maximum Gasteiger partial charge on any atom is 0.326 e. The largest absolute Gasteiger partial charge is 0.480 e. The fourth-order valence-electron chi connectivity index (χ4n) is 3.99. The molecule has 15 heteroatoms. The number of amides is 4. The van der Waals surface area contributed by atoms with Crippen molar-refractivity contribution in [2.24, 2.45) is 11.5 Å². The molecule has 1 aromatic carbocycles. The molecule has 0 fully saturated rings. The van der Waals surface area contributed by atoms with E-state index in [4.69, 9.17) is 11.5 Å². The van der Waals surface area contributed by atoms with Crippen molar-refractivity contribution in [1.82, 2.24) is 30.9 Å². The van der Waals surface area contributed by atoms with Crippen molar-refractivity contribution in [1.29, 1.82) is 0 Å². The maximum absolute atomic E-state index is 13.2. The zero-order valence-electron chi connectivity index (χ0n) is 21.6. The Kier molecular flexibility index (Phi) is 9.94. The third-order valence-electron chi connectivity index (χ3n) is 6.19. The number of aliphatic carboxylic acids is 1. The number of aromatic nitrogens is 3. The van der Waals surface area contributed by atoms with Crippen LogP contribution in [0, 0.1) is 0 Å². The molecule has 0 aliphatic carbocycles. The first-order valence-electron chi connectivity index (χ1n) is 12.3. The Labute approximate surface area is 228 Å². The van der Waals surface area contributed by atoms with Gasteiger partial charge in [0.15, 0.2) is 0 Å². The fraction of sp³-hybridized carbons (Fsp3) is 0.360. The van der Waals surface area contributed by atoms with Crippen LogP contribution in [0.2, 0.25) is 0 Å². The van der Waals surface area contributed by atoms with Crippen LogP contribution in [0.1, 0.15) is 24.6 Å². The Morgan fingerprint density at radius 2 is 1.60 bits per heavy atom. The van der Waals surface area contributed by atoms with Gasteiger partial charge in [-0.15, -0.1) is 0 Å². The lowest BCUT2D eigenvalue weighted by atomic mass is 10.0. The molecule has 214 valence electrons. The van der Waals surface area contributed by atoms with Crippen molar-refractivity contribution in [3.05, 3.63) is 54.2 Å². The van der Waals surface area contributed by atoms with Crippen LogP contribution in [-0.2, 0) is 36.8 Å². The second-order valence-corrected chi connectivity index (χ2v) is 9.30. The van der Waals surface area contributed by atoms with Gasteiger partial charge >= 0.3 is 5.97 Å². The number of nitrogens with two attached hydrogens (primary N) is 2. The highest BCUT2D eigenvalue weighted by Gasteiger charge is 2.32. The van der Waals surface area contributed by atoms with E-state index in [1.807, 2.05) is 12.1 Å². The average Bonchev–Trinajstić information content (AvgIpc) is 3.56. The van der Waals surface area contributed by atoms with Crippen LogP contribution in [0.15, 0.2) is 43.0 Å². The number of aromatic amines is 2. The van der Waals surface area contributed by atoms with Crippen molar-refractivity contribution >= 4 is 40.5 Å². The molecule has 3 aromatic rings. The van der Waals surface area contributed by atoms with Gasteiger partial charge in [0.2, 0.25) is 23.6 Å². The molecule has 2 aromatic heterocycles. The first-order valence-corrected chi connectivity index (χ1v) is 12.3. The van der Waals surface area contributed by atoms with E-state index in [0.29, 0.717) is 11.3 Å². The van der Waals surface area contributed by atoms with Gasteiger partial charge in [-0.1, -0.05) is 18.2 Å². The number of carboxylic acid groups (broad SMARTS) is 1. The van der Waals surface area contributed by atoms with Gasteiger partial charge in [-0.05, 0) is 18.6 Å². The number of hydrogen-bond acceptors (Lipinski definition) is 8. The number of para-hydroxylation sites is 1. The standard InChI is InChI=1S/C25H32N8O7/c1-12(34)21(27)24(38)32-17(7-14-10-28-11-30-14)22(36)31-18(8-20(26)35)23(37)33-19(25(39)40)6-13-9-29-16-5-3-2-4-15(13)16/h2-5,9-12,17-19,21,29,34H,6-8,27H2,1H3,(H2,26,35)(H,28,30)(H,31,36)(H,32,38)(H,33,37)(H,39,40). The van der Waals surface area contributed by atoms with Crippen molar-refractivity contribution in [2.75, 3.05) is 0 Å². The molecular weight excluding hydrogens is 524 g/mol. The highest BCUT2D eigenvalue weighted by molar-refractivity contribution is 5.96. The van der Waals surface area contributed by atoms with Crippen molar-refractivity contribution in [3.63, 3.8) is 0 Å². The molecule has 2 heterocycles. The molecule has 0 spiro atoms. The Bertz CT molecular complexity index is 1350. The zero-order valence-corrected chi connectivity index (χ0v) is 21.6. The number of primary amides is 1. The number of carbonyl (C=O) groups is 5. The molecule has 4 amide bonds. The molecule has 5 unspecified atom stereocenters. The molecule has 0 saturated carbocycles. The Morgan fingerprint density at radius 3 is 2.23 bits per heavy atom. The third-order valence-corrected chi connectivity index (χ3v) is 6.19. The second-order valence-electron chi connectivity index (χ2n) is 9.30. The summed E-state index contributed by atoms with van der Waals surface area (Å²) in [6.07, 6.45) is 2.36. The van der Waals surface area contributed by atoms with Crippen LogP contribution >= 0.6 is 0 Å². The maximum atomic E-state index is 13.2. The van der Waals surface area contributed by atoms with Gasteiger partial charge in [0.1, 0.15) is 24.2 Å². The smallest absolute Gasteiger partial charge is 0.326 e. The molecule has 11 N–H and O–H groups in total. The SMILES string of the molecule is CC(O)C(N)C(=O)NC(Cc1cnc[nH]1)C(=O)NC(CC(N)=O)C(=O)NC(Cc1c[nH]c2ccccc12)C(=O)O. The van der Waals surface area contributed by atoms with E-state index in [0.717, 1.165) is 10.9 Å². The van der Waals surface area contributed by atoms with Gasteiger partial charge in [-0.25, -0.2) is 9.78 Å². The average molecular weight is 557 g/mol. The summed E-state index contributed by atoms with van der Waals surface area (Å²) in [6.45, 7) is 1.30. The molecule has 3 rings (SSSR count). The van der Waals surface area contributed by atoms with E-state index in [2.05, 4.69) is 30.9 Å². The van der Waals surface area contributed by atoms with Gasteiger partial charge < -0.3 is 47.6 Å². The minimum absolute atomic E-state index is 0.0853. The van der Waals surface area contributed by atoms with Crippen molar-refractivity contribution in [2.45, 2.75) is 56.5 Å². The summed E-state index contributed by atoms with van der Waals surface area (Å²) in [5, 5.41) is 27.3. The van der Waals surface area contributed by atoms with E-state index in [9.17, 15) is 34.2 Å². The molecular formula is C25H32N8O7. The van der Waals surface area contributed by atoms with E-state index >= 15 is 0 Å². The lowest BCUT2D eigenvalue weighted by molar-refractivity contribution is -0.142. The molecule has 0 radical (unpaired) electrons. The van der Waals surface area contributed by atoms with Crippen LogP contribution in [0.5, 0.6) is 0 Å². The minimum Gasteiger partial charge on any atom is -0.480 e. The number of carboxylic acids is 1. The van der Waals surface area contributed by atoms with Gasteiger partial charge in [-0.3, -0.25) is 19.2 Å². The molecule has 0 saturated heterocycles. The lowest BCUT2D eigenvalue weighted by Gasteiger charge is -2.25. The molecule has 15 nitrogen and oxygen atoms in total. The van der Waals surface area contributed by atoms with Gasteiger partial charge in [-0.2, -0.15) is 0 Å². The number of hydrogen-bond donors (Lipinski definition) is 9. The predicted octanol–water partition coefficient (Wildman–Crippen LogP) is -2.20. The molecule has 40 heavy (non-hydrogen) atoms. The van der Waals surface area contributed by atoms with Gasteiger partial charge in [0, 0.05) is 41.8 Å². The Hall–Kier alpha value is -4.76. The number of benzene rings is 1. The monoisotopic (exact) mass is 556 g/mol. The quantitative estimate of drug-likeness (QED) is 0.104. The zero-order chi connectivity index (χ0) is 29.4. The van der Waals surface area contributed by atoms with E-state index < -0.39 is 66.3 Å². The fourth-order valence-corrected chi connectivity index (χ4v) is 3.99. The number of nitrogens with zero attached hydrogens (tertiary/aromatic N) is 1. The van der Waals surface area contributed by atoms with Crippen LogP contribution in [0.3, 0.4) is 0 Å². The van der Waals surface area contributed by atoms with Crippen LogP contribution in [-0.4, -0.2) is 85.0 Å². The summed E-state index contributed by atoms with van der Waals surface area (Å²) in [4.78, 5) is 72.2. The predicted molar refractivity (Wildman–Crippen MR) is 141 cm³/mol. The summed E-state index contributed by atoms with van der Waals surface area (Å²) in [5.41, 5.74) is 12.8. The van der Waals surface area contributed by atoms with Crippen LogP contribution in [0.4, 0.5) is 0 Å². The summed E-state index contributed by atoms with van der Waals surface area (Å²) in [6, 6.07) is 1.62. The van der Waals surface area contributed by atoms with E-state index in [1.54, 1.807) is 18.3 Å². The normalized spacial score (nSPS) is 14.9. The summed E-state index contributed by atoms with van der Waals surface area (Å²) < 4.78 is 0. The first kappa shape index (κ1) is 29.8. The summed E-state index contributed by atoms with van der Waals surface area (Å²) >= 11 is 0. The number of aliphatic hydroxyl groups is 1. The number of carbonyl (C=O) groups excluding carboxylic acids is 4. The highest BCUT2D eigenvalue weighted by atomic mass is 16.4. The topological polar surface area (TPSA) is 258 Å². The second kappa shape index (κ2) is 13.3. The first-order chi connectivity index (χ1) is 19.0. The van der Waals surface area contributed by atoms with Crippen LogP contribution in [0.25, 0.3) is 10.9 Å². The molecule has 0 bridgehead atoms. The molecule has 5 atom stereocenters. The summed E-state index contributed by atoms with van der Waals surface area (Å²) in [7, 11) is 0. The van der Waals surface area contributed by atoms with Crippen molar-refractivity contribution in [3.8, 4) is 0 Å². The number of rotatable bonds is 14. The molecule has 0 aliphatic heterocycles. The lowest BCUT2D eigenvalue weighted by Crippen LogP contribution is -2.59. The number of nitrogens with one attached hydrogen (secondary N) is 5. The minimum atomic E-state index is -1.55. The van der Waals surface area contributed by atoms with E-state index in [1.165, 1.54) is 19.4 Å².